The van der Waals surface area contributed by atoms with Gasteiger partial charge in [0.25, 0.3) is 5.56 Å². The number of ketones is 1. The van der Waals surface area contributed by atoms with E-state index in [1.54, 1.807) is 6.07 Å². The van der Waals surface area contributed by atoms with E-state index in [2.05, 4.69) is 22.1 Å². The Morgan fingerprint density at radius 2 is 1.97 bits per heavy atom. The number of nitrogens with one attached hydrogen (secondary N) is 1. The third-order valence-electron chi connectivity index (χ3n) is 5.58. The standard InChI is InChI=1S/C22H27N5O2/c1-3-16-6-5-7-17(12-16)19(28)14-26-15-24-18-13-20(25-10-8-23-9-11-25)27(4-2)21(18)22(26)29/h5-7,12-13,15,23H,3-4,8-11,14H2,1-2H3. The lowest BCUT2D eigenvalue weighted by molar-refractivity contribution is 0.0970. The Labute approximate surface area is 170 Å². The van der Waals surface area contributed by atoms with Gasteiger partial charge in [-0.25, -0.2) is 4.98 Å². The highest BCUT2D eigenvalue weighted by atomic mass is 16.1. The van der Waals surface area contributed by atoms with Gasteiger partial charge in [0.05, 0.1) is 18.4 Å². The summed E-state index contributed by atoms with van der Waals surface area (Å²) in [6, 6.07) is 9.58. The van der Waals surface area contributed by atoms with Gasteiger partial charge in [-0.3, -0.25) is 14.2 Å². The van der Waals surface area contributed by atoms with Crippen LogP contribution in [0.15, 0.2) is 41.5 Å². The molecule has 1 saturated heterocycles. The quantitative estimate of drug-likeness (QED) is 0.649. The zero-order valence-corrected chi connectivity index (χ0v) is 17.0. The van der Waals surface area contributed by atoms with Crippen LogP contribution >= 0.6 is 0 Å². The van der Waals surface area contributed by atoms with E-state index in [1.165, 1.54) is 10.9 Å². The maximum Gasteiger partial charge on any atom is 0.278 e. The summed E-state index contributed by atoms with van der Waals surface area (Å²) < 4.78 is 3.45. The lowest BCUT2D eigenvalue weighted by Gasteiger charge is -2.30. The molecule has 0 atom stereocenters. The van der Waals surface area contributed by atoms with Crippen molar-refractivity contribution in [2.75, 3.05) is 31.1 Å². The van der Waals surface area contributed by atoms with Gasteiger partial charge in [-0.15, -0.1) is 0 Å². The van der Waals surface area contributed by atoms with Crippen molar-refractivity contribution in [2.24, 2.45) is 0 Å². The molecule has 1 aromatic carbocycles. The molecule has 1 aliphatic heterocycles. The predicted molar refractivity (Wildman–Crippen MR) is 115 cm³/mol. The molecule has 0 radical (unpaired) electrons. The normalized spacial score (nSPS) is 14.5. The van der Waals surface area contributed by atoms with Gasteiger partial charge in [-0.1, -0.05) is 25.1 Å². The summed E-state index contributed by atoms with van der Waals surface area (Å²) in [5.74, 6) is 0.939. The summed E-state index contributed by atoms with van der Waals surface area (Å²) in [7, 11) is 0. The molecule has 1 aliphatic rings. The molecule has 0 aliphatic carbocycles. The molecule has 152 valence electrons. The first-order valence-electron chi connectivity index (χ1n) is 10.3. The van der Waals surface area contributed by atoms with E-state index >= 15 is 0 Å². The summed E-state index contributed by atoms with van der Waals surface area (Å²) in [6.07, 6.45) is 2.36. The Hall–Kier alpha value is -2.93. The fraction of sp³-hybridized carbons (Fsp3) is 0.409. The van der Waals surface area contributed by atoms with Gasteiger partial charge < -0.3 is 14.8 Å². The highest BCUT2D eigenvalue weighted by Gasteiger charge is 2.20. The van der Waals surface area contributed by atoms with Gasteiger partial charge in [0.2, 0.25) is 0 Å². The molecule has 0 spiro atoms. The third kappa shape index (κ3) is 3.70. The number of aryl methyl sites for hydroxylation is 2. The Morgan fingerprint density at radius 3 is 2.69 bits per heavy atom. The molecule has 0 unspecified atom stereocenters. The molecule has 0 bridgehead atoms. The number of fused-ring (bicyclic) bond motifs is 1. The van der Waals surface area contributed by atoms with Crippen LogP contribution in [0.1, 0.15) is 29.8 Å². The summed E-state index contributed by atoms with van der Waals surface area (Å²) in [5.41, 5.74) is 2.82. The first-order chi connectivity index (χ1) is 14.1. The lowest BCUT2D eigenvalue weighted by atomic mass is 10.1. The van der Waals surface area contributed by atoms with Crippen molar-refractivity contribution in [3.8, 4) is 0 Å². The topological polar surface area (TPSA) is 72.2 Å². The second-order valence-corrected chi connectivity index (χ2v) is 7.37. The lowest BCUT2D eigenvalue weighted by Crippen LogP contribution is -2.44. The number of aromatic nitrogens is 3. The second kappa shape index (κ2) is 8.21. The minimum absolute atomic E-state index is 0.00714. The Kier molecular flexibility index (Phi) is 5.49. The summed E-state index contributed by atoms with van der Waals surface area (Å²) in [5, 5.41) is 3.35. The number of rotatable bonds is 6. The summed E-state index contributed by atoms with van der Waals surface area (Å²) in [4.78, 5) is 32.8. The molecule has 1 fully saturated rings. The van der Waals surface area contributed by atoms with Crippen molar-refractivity contribution in [3.05, 3.63) is 58.1 Å². The zero-order valence-electron chi connectivity index (χ0n) is 17.0. The first kappa shape index (κ1) is 19.4. The van der Waals surface area contributed by atoms with Crippen LogP contribution in [0, 0.1) is 0 Å². The number of benzene rings is 1. The fourth-order valence-corrected chi connectivity index (χ4v) is 3.96. The van der Waals surface area contributed by atoms with Crippen LogP contribution in [0.5, 0.6) is 0 Å². The summed E-state index contributed by atoms with van der Waals surface area (Å²) in [6.45, 7) is 8.41. The van der Waals surface area contributed by atoms with Crippen LogP contribution in [-0.2, 0) is 19.5 Å². The zero-order chi connectivity index (χ0) is 20.4. The average molecular weight is 393 g/mol. The number of nitrogens with zero attached hydrogens (tertiary/aromatic N) is 4. The molecule has 0 saturated carbocycles. The fourth-order valence-electron chi connectivity index (χ4n) is 3.96. The second-order valence-electron chi connectivity index (χ2n) is 7.37. The molecule has 7 nitrogen and oxygen atoms in total. The van der Waals surface area contributed by atoms with Crippen LogP contribution in [0.3, 0.4) is 0 Å². The number of hydrogen-bond acceptors (Lipinski definition) is 5. The minimum Gasteiger partial charge on any atom is -0.355 e. The van der Waals surface area contributed by atoms with E-state index in [-0.39, 0.29) is 17.9 Å². The van der Waals surface area contributed by atoms with Crippen molar-refractivity contribution >= 4 is 22.6 Å². The maximum atomic E-state index is 13.2. The number of piperazine rings is 1. The van der Waals surface area contributed by atoms with Crippen LogP contribution in [-0.4, -0.2) is 46.1 Å². The smallest absolute Gasteiger partial charge is 0.278 e. The van der Waals surface area contributed by atoms with E-state index in [4.69, 9.17) is 0 Å². The van der Waals surface area contributed by atoms with Crippen molar-refractivity contribution in [1.82, 2.24) is 19.4 Å². The predicted octanol–water partition coefficient (Wildman–Crippen LogP) is 2.07. The van der Waals surface area contributed by atoms with Crippen LogP contribution in [0.25, 0.3) is 11.0 Å². The Morgan fingerprint density at radius 1 is 1.17 bits per heavy atom. The number of hydrogen-bond donors (Lipinski definition) is 1. The van der Waals surface area contributed by atoms with Crippen molar-refractivity contribution < 1.29 is 4.79 Å². The highest BCUT2D eigenvalue weighted by molar-refractivity contribution is 5.96. The van der Waals surface area contributed by atoms with Gasteiger partial charge in [0, 0.05) is 44.4 Å². The molecule has 3 heterocycles. The van der Waals surface area contributed by atoms with E-state index in [0.717, 1.165) is 44.0 Å². The number of carbonyl (C=O) groups is 1. The average Bonchev–Trinajstić information content (AvgIpc) is 3.15. The van der Waals surface area contributed by atoms with Crippen LogP contribution in [0.2, 0.25) is 0 Å². The first-order valence-corrected chi connectivity index (χ1v) is 10.3. The Bertz CT molecular complexity index is 1090. The van der Waals surface area contributed by atoms with Gasteiger partial charge >= 0.3 is 0 Å². The number of carbonyl (C=O) groups excluding carboxylic acids is 1. The number of Topliss-reactive ketones (excluding diaryl/α,β-unsaturated/α-hetero) is 1. The minimum atomic E-state index is -0.168. The molecule has 3 aromatic rings. The van der Waals surface area contributed by atoms with Crippen molar-refractivity contribution in [3.63, 3.8) is 0 Å². The maximum absolute atomic E-state index is 13.2. The van der Waals surface area contributed by atoms with Gasteiger partial charge in [0.1, 0.15) is 11.3 Å². The largest absolute Gasteiger partial charge is 0.355 e. The Balaban J connectivity index is 1.70. The van der Waals surface area contributed by atoms with E-state index in [1.807, 2.05) is 35.8 Å². The molecular weight excluding hydrogens is 366 g/mol. The van der Waals surface area contributed by atoms with E-state index in [0.29, 0.717) is 23.1 Å². The molecule has 1 N–H and O–H groups in total. The highest BCUT2D eigenvalue weighted by Crippen LogP contribution is 2.23. The molecule has 4 rings (SSSR count). The molecule has 2 aromatic heterocycles. The van der Waals surface area contributed by atoms with E-state index < -0.39 is 0 Å². The van der Waals surface area contributed by atoms with Gasteiger partial charge in [-0.2, -0.15) is 0 Å². The van der Waals surface area contributed by atoms with Gasteiger partial charge in [-0.05, 0) is 25.0 Å². The van der Waals surface area contributed by atoms with Crippen LogP contribution in [0.4, 0.5) is 5.82 Å². The van der Waals surface area contributed by atoms with E-state index in [9.17, 15) is 9.59 Å². The third-order valence-corrected chi connectivity index (χ3v) is 5.58. The van der Waals surface area contributed by atoms with Crippen molar-refractivity contribution in [2.45, 2.75) is 33.4 Å². The molecule has 7 heteroatoms. The monoisotopic (exact) mass is 393 g/mol. The SMILES string of the molecule is CCc1cccc(C(=O)Cn2cnc3cc(N4CCNCC4)n(CC)c3c2=O)c1. The van der Waals surface area contributed by atoms with Crippen molar-refractivity contribution in [1.29, 1.82) is 0 Å². The molecule has 0 amide bonds. The van der Waals surface area contributed by atoms with Crippen LogP contribution < -0.4 is 15.8 Å². The molecule has 29 heavy (non-hydrogen) atoms. The number of anilines is 1. The summed E-state index contributed by atoms with van der Waals surface area (Å²) >= 11 is 0. The molecular formula is C22H27N5O2. The van der Waals surface area contributed by atoms with Gasteiger partial charge in [0.15, 0.2) is 5.78 Å².